The van der Waals surface area contributed by atoms with E-state index in [4.69, 9.17) is 34.8 Å². The highest BCUT2D eigenvalue weighted by Crippen LogP contribution is 2.32. The van der Waals surface area contributed by atoms with Crippen molar-refractivity contribution in [2.75, 3.05) is 23.3 Å². The van der Waals surface area contributed by atoms with E-state index in [-0.39, 0.29) is 27.3 Å². The molecule has 3 rings (SSSR count). The first kappa shape index (κ1) is 18.5. The summed E-state index contributed by atoms with van der Waals surface area (Å²) in [5.41, 5.74) is 0.825. The Morgan fingerprint density at radius 1 is 1.00 bits per heavy atom. The zero-order valence-corrected chi connectivity index (χ0v) is 15.5. The highest BCUT2D eigenvalue weighted by atomic mass is 35.5. The quantitative estimate of drug-likeness (QED) is 0.608. The molecule has 0 aliphatic carbocycles. The van der Waals surface area contributed by atoms with E-state index in [1.165, 1.54) is 17.0 Å². The second kappa shape index (κ2) is 7.53. The van der Waals surface area contributed by atoms with E-state index in [9.17, 15) is 14.4 Å². The van der Waals surface area contributed by atoms with Gasteiger partial charge >= 0.3 is 6.03 Å². The number of carbonyl (C=O) groups excluding carboxylic acids is 3. The SMILES string of the molecule is O=C(CN1C(=O)CN(c2ccccc2)C1=O)Nc1cc(Cl)c(Cl)cc1Cl. The Morgan fingerprint density at radius 3 is 2.35 bits per heavy atom. The van der Waals surface area contributed by atoms with Crippen LogP contribution in [-0.4, -0.2) is 35.8 Å². The molecule has 1 saturated heterocycles. The van der Waals surface area contributed by atoms with Gasteiger partial charge in [-0.15, -0.1) is 0 Å². The van der Waals surface area contributed by atoms with Gasteiger partial charge in [0.15, 0.2) is 0 Å². The molecule has 0 aromatic heterocycles. The molecule has 1 aliphatic heterocycles. The summed E-state index contributed by atoms with van der Waals surface area (Å²) in [6.45, 7) is -0.554. The van der Waals surface area contributed by atoms with Crippen molar-refractivity contribution >= 4 is 64.0 Å². The predicted octanol–water partition coefficient (Wildman–Crippen LogP) is 4.05. The summed E-state index contributed by atoms with van der Waals surface area (Å²) in [5, 5.41) is 3.18. The van der Waals surface area contributed by atoms with E-state index in [1.807, 2.05) is 0 Å². The fourth-order valence-electron chi connectivity index (χ4n) is 2.46. The number of nitrogens with one attached hydrogen (secondary N) is 1. The molecule has 2 aromatic rings. The van der Waals surface area contributed by atoms with Gasteiger partial charge in [-0.25, -0.2) is 4.79 Å². The maximum atomic E-state index is 12.5. The topological polar surface area (TPSA) is 69.7 Å². The molecular formula is C17H12Cl3N3O3. The summed E-state index contributed by atoms with van der Waals surface area (Å²) in [6.07, 6.45) is 0. The lowest BCUT2D eigenvalue weighted by molar-refractivity contribution is -0.128. The zero-order chi connectivity index (χ0) is 18.8. The molecule has 1 N–H and O–H groups in total. The fraction of sp³-hybridized carbons (Fsp3) is 0.118. The van der Waals surface area contributed by atoms with Crippen molar-refractivity contribution in [1.82, 2.24) is 4.90 Å². The highest BCUT2D eigenvalue weighted by molar-refractivity contribution is 6.44. The molecule has 1 heterocycles. The van der Waals surface area contributed by atoms with Gasteiger partial charge in [0.25, 0.3) is 5.91 Å². The van der Waals surface area contributed by atoms with Crippen molar-refractivity contribution in [3.63, 3.8) is 0 Å². The summed E-state index contributed by atoms with van der Waals surface area (Å²) in [6, 6.07) is 11.0. The second-order valence-electron chi connectivity index (χ2n) is 5.48. The Labute approximate surface area is 164 Å². The van der Waals surface area contributed by atoms with E-state index < -0.39 is 24.4 Å². The number of carbonyl (C=O) groups is 3. The van der Waals surface area contributed by atoms with Crippen LogP contribution in [0.3, 0.4) is 0 Å². The molecule has 1 aliphatic rings. The van der Waals surface area contributed by atoms with Gasteiger partial charge in [-0.1, -0.05) is 53.0 Å². The van der Waals surface area contributed by atoms with E-state index >= 15 is 0 Å². The van der Waals surface area contributed by atoms with Gasteiger partial charge in [0.05, 0.1) is 20.8 Å². The summed E-state index contributed by atoms with van der Waals surface area (Å²) in [5.74, 6) is -1.05. The lowest BCUT2D eigenvalue weighted by atomic mass is 10.3. The Balaban J connectivity index is 1.71. The molecule has 26 heavy (non-hydrogen) atoms. The van der Waals surface area contributed by atoms with Crippen LogP contribution in [0.4, 0.5) is 16.2 Å². The first-order valence-electron chi connectivity index (χ1n) is 7.48. The number of benzene rings is 2. The van der Waals surface area contributed by atoms with Gasteiger partial charge in [-0.05, 0) is 24.3 Å². The number of para-hydroxylation sites is 1. The largest absolute Gasteiger partial charge is 0.332 e. The van der Waals surface area contributed by atoms with Crippen LogP contribution in [-0.2, 0) is 9.59 Å². The van der Waals surface area contributed by atoms with Crippen molar-refractivity contribution in [1.29, 1.82) is 0 Å². The average Bonchev–Trinajstić information content (AvgIpc) is 2.88. The number of rotatable bonds is 4. The van der Waals surface area contributed by atoms with Crippen LogP contribution in [0.2, 0.25) is 15.1 Å². The number of hydrogen-bond donors (Lipinski definition) is 1. The van der Waals surface area contributed by atoms with E-state index in [0.29, 0.717) is 5.69 Å². The minimum Gasteiger partial charge on any atom is -0.323 e. The van der Waals surface area contributed by atoms with Crippen molar-refractivity contribution < 1.29 is 14.4 Å². The maximum absolute atomic E-state index is 12.5. The Kier molecular flexibility index (Phi) is 5.36. The summed E-state index contributed by atoms with van der Waals surface area (Å²) >= 11 is 17.8. The lowest BCUT2D eigenvalue weighted by Crippen LogP contribution is -2.39. The fourth-order valence-corrected chi connectivity index (χ4v) is 3.05. The van der Waals surface area contributed by atoms with Crippen LogP contribution in [0.1, 0.15) is 0 Å². The molecule has 6 nitrogen and oxygen atoms in total. The maximum Gasteiger partial charge on any atom is 0.332 e. The molecule has 0 radical (unpaired) electrons. The van der Waals surface area contributed by atoms with Crippen molar-refractivity contribution in [3.05, 3.63) is 57.5 Å². The van der Waals surface area contributed by atoms with E-state index in [1.54, 1.807) is 30.3 Å². The normalized spacial score (nSPS) is 14.1. The molecule has 4 amide bonds. The number of hydrogen-bond acceptors (Lipinski definition) is 3. The number of anilines is 2. The molecule has 0 spiro atoms. The van der Waals surface area contributed by atoms with E-state index in [0.717, 1.165) is 4.90 Å². The highest BCUT2D eigenvalue weighted by Gasteiger charge is 2.37. The Morgan fingerprint density at radius 2 is 1.65 bits per heavy atom. The minimum atomic E-state index is -0.582. The Bertz CT molecular complexity index is 890. The van der Waals surface area contributed by atoms with Crippen LogP contribution in [0.5, 0.6) is 0 Å². The molecule has 0 saturated carbocycles. The third-order valence-electron chi connectivity index (χ3n) is 3.71. The third-order valence-corrected chi connectivity index (χ3v) is 4.74. The number of amides is 4. The minimum absolute atomic E-state index is 0.121. The summed E-state index contributed by atoms with van der Waals surface area (Å²) in [7, 11) is 0. The van der Waals surface area contributed by atoms with Crippen LogP contribution >= 0.6 is 34.8 Å². The summed E-state index contributed by atoms with van der Waals surface area (Å²) < 4.78 is 0. The van der Waals surface area contributed by atoms with Gasteiger partial charge in [-0.3, -0.25) is 19.4 Å². The van der Waals surface area contributed by atoms with Crippen LogP contribution in [0.25, 0.3) is 0 Å². The molecule has 0 bridgehead atoms. The molecule has 9 heteroatoms. The van der Waals surface area contributed by atoms with Gasteiger partial charge < -0.3 is 5.32 Å². The van der Waals surface area contributed by atoms with Crippen LogP contribution in [0, 0.1) is 0 Å². The molecule has 1 fully saturated rings. The average molecular weight is 413 g/mol. The summed E-state index contributed by atoms with van der Waals surface area (Å²) in [4.78, 5) is 39.0. The van der Waals surface area contributed by atoms with Gasteiger partial charge in [-0.2, -0.15) is 0 Å². The van der Waals surface area contributed by atoms with Crippen molar-refractivity contribution in [2.24, 2.45) is 0 Å². The number of urea groups is 1. The van der Waals surface area contributed by atoms with Crippen molar-refractivity contribution in [2.45, 2.75) is 0 Å². The van der Waals surface area contributed by atoms with Gasteiger partial charge in [0.1, 0.15) is 13.1 Å². The van der Waals surface area contributed by atoms with Crippen LogP contribution < -0.4 is 10.2 Å². The number of halogens is 3. The molecular weight excluding hydrogens is 401 g/mol. The number of imide groups is 1. The van der Waals surface area contributed by atoms with Gasteiger partial charge in [0, 0.05) is 5.69 Å². The third kappa shape index (κ3) is 3.77. The number of nitrogens with zero attached hydrogens (tertiary/aromatic N) is 2. The van der Waals surface area contributed by atoms with Crippen LogP contribution in [0.15, 0.2) is 42.5 Å². The van der Waals surface area contributed by atoms with Crippen molar-refractivity contribution in [3.8, 4) is 0 Å². The first-order chi connectivity index (χ1) is 12.4. The second-order valence-corrected chi connectivity index (χ2v) is 6.70. The molecule has 134 valence electrons. The Hall–Kier alpha value is -2.28. The molecule has 0 atom stereocenters. The smallest absolute Gasteiger partial charge is 0.323 e. The predicted molar refractivity (Wildman–Crippen MR) is 101 cm³/mol. The molecule has 2 aromatic carbocycles. The first-order valence-corrected chi connectivity index (χ1v) is 8.61. The lowest BCUT2D eigenvalue weighted by Gasteiger charge is -2.17. The monoisotopic (exact) mass is 411 g/mol. The zero-order valence-electron chi connectivity index (χ0n) is 13.2. The standard InChI is InChI=1S/C17H12Cl3N3O3/c18-11-6-13(20)14(7-12(11)19)21-15(24)8-23-16(25)9-22(17(23)26)10-4-2-1-3-5-10/h1-7H,8-9H2,(H,21,24). The van der Waals surface area contributed by atoms with Gasteiger partial charge in [0.2, 0.25) is 5.91 Å². The molecule has 0 unspecified atom stereocenters. The van der Waals surface area contributed by atoms with E-state index in [2.05, 4.69) is 5.32 Å².